The Kier molecular flexibility index (Phi) is 3.72. The average molecular weight is 391 g/mol. The number of benzene rings is 1. The van der Waals surface area contributed by atoms with Crippen molar-refractivity contribution in [3.05, 3.63) is 62.9 Å². The molecule has 1 N–H and O–H groups in total. The van der Waals surface area contributed by atoms with E-state index in [1.165, 1.54) is 12.5 Å². The lowest BCUT2D eigenvalue weighted by atomic mass is 9.90. The quantitative estimate of drug-likeness (QED) is 0.524. The summed E-state index contributed by atoms with van der Waals surface area (Å²) in [6.07, 6.45) is 0. The lowest BCUT2D eigenvalue weighted by Gasteiger charge is -2.29. The number of aromatic nitrogens is 2. The van der Waals surface area contributed by atoms with E-state index >= 15 is 0 Å². The van der Waals surface area contributed by atoms with E-state index in [-0.39, 0.29) is 12.2 Å². The van der Waals surface area contributed by atoms with Crippen LogP contribution in [0.1, 0.15) is 29.2 Å². The number of fused-ring (bicyclic) bond motifs is 5. The number of carbonyl (C=O) groups is 1. The molecule has 2 aromatic heterocycles. The summed E-state index contributed by atoms with van der Waals surface area (Å²) in [5.41, 5.74) is 2.86. The number of esters is 1. The van der Waals surface area contributed by atoms with E-state index in [0.29, 0.717) is 29.1 Å². The summed E-state index contributed by atoms with van der Waals surface area (Å²) < 4.78 is 6.68. The number of aliphatic hydroxyl groups is 1. The van der Waals surface area contributed by atoms with Crippen LogP contribution in [-0.2, 0) is 34.8 Å². The fraction of sp³-hybridized carbons (Fsp3) is 0.318. The zero-order valence-corrected chi connectivity index (χ0v) is 16.5. The van der Waals surface area contributed by atoms with Crippen LogP contribution in [0.4, 0.5) is 0 Å². The standard InChI is InChI=1S/C22H21N3O4/c1-22(28)16-8-18-19-13(10-25(18)20(26)15(16)11-29-21(22)27)7-14-12(9-24(2)3)5-4-6-17(14)23-19/h4-8,28H,9-11H2,1-3H3/t22-/m0/s1. The highest BCUT2D eigenvalue weighted by atomic mass is 16.6. The van der Waals surface area contributed by atoms with Gasteiger partial charge in [-0.3, -0.25) is 4.79 Å². The van der Waals surface area contributed by atoms with Crippen LogP contribution in [0.25, 0.3) is 22.3 Å². The van der Waals surface area contributed by atoms with Gasteiger partial charge in [0.1, 0.15) is 6.61 Å². The molecule has 0 radical (unpaired) electrons. The molecule has 0 aliphatic carbocycles. The molecule has 5 rings (SSSR count). The number of hydrogen-bond acceptors (Lipinski definition) is 6. The Hall–Kier alpha value is -3.03. The second kappa shape index (κ2) is 5.98. The van der Waals surface area contributed by atoms with Gasteiger partial charge in [-0.25, -0.2) is 9.78 Å². The van der Waals surface area contributed by atoms with Gasteiger partial charge < -0.3 is 19.3 Å². The topological polar surface area (TPSA) is 84.7 Å². The van der Waals surface area contributed by atoms with Gasteiger partial charge in [-0.1, -0.05) is 12.1 Å². The lowest BCUT2D eigenvalue weighted by molar-refractivity contribution is -0.169. The van der Waals surface area contributed by atoms with Crippen molar-refractivity contribution in [1.82, 2.24) is 14.5 Å². The van der Waals surface area contributed by atoms with E-state index in [4.69, 9.17) is 9.72 Å². The zero-order valence-electron chi connectivity index (χ0n) is 16.5. The number of nitrogens with zero attached hydrogens (tertiary/aromatic N) is 3. The predicted octanol–water partition coefficient (Wildman–Crippen LogP) is 1.75. The minimum atomic E-state index is -1.85. The third kappa shape index (κ3) is 2.54. The van der Waals surface area contributed by atoms with Crippen LogP contribution < -0.4 is 5.56 Å². The number of ether oxygens (including phenoxy) is 1. The summed E-state index contributed by atoms with van der Waals surface area (Å²) in [6, 6.07) is 9.84. The fourth-order valence-electron chi connectivity index (χ4n) is 4.29. The van der Waals surface area contributed by atoms with Gasteiger partial charge >= 0.3 is 5.97 Å². The molecule has 29 heavy (non-hydrogen) atoms. The molecule has 148 valence electrons. The van der Waals surface area contributed by atoms with Crippen molar-refractivity contribution in [2.75, 3.05) is 14.1 Å². The van der Waals surface area contributed by atoms with Gasteiger partial charge in [-0.15, -0.1) is 0 Å². The van der Waals surface area contributed by atoms with E-state index < -0.39 is 11.6 Å². The molecule has 4 heterocycles. The number of rotatable bonds is 2. The maximum Gasteiger partial charge on any atom is 0.342 e. The molecular formula is C22H21N3O4. The largest absolute Gasteiger partial charge is 0.458 e. The molecule has 0 fully saturated rings. The first-order valence-electron chi connectivity index (χ1n) is 9.51. The summed E-state index contributed by atoms with van der Waals surface area (Å²) in [7, 11) is 4.05. The molecule has 0 amide bonds. The van der Waals surface area contributed by atoms with E-state index in [9.17, 15) is 14.7 Å². The predicted molar refractivity (Wildman–Crippen MR) is 107 cm³/mol. The number of cyclic esters (lactones) is 1. The van der Waals surface area contributed by atoms with E-state index in [0.717, 1.165) is 23.0 Å². The summed E-state index contributed by atoms with van der Waals surface area (Å²) >= 11 is 0. The van der Waals surface area contributed by atoms with Crippen LogP contribution in [0.5, 0.6) is 0 Å². The van der Waals surface area contributed by atoms with Crippen LogP contribution in [0, 0.1) is 0 Å². The van der Waals surface area contributed by atoms with Crippen LogP contribution in [0.3, 0.4) is 0 Å². The molecular weight excluding hydrogens is 370 g/mol. The van der Waals surface area contributed by atoms with Crippen molar-refractivity contribution in [3.63, 3.8) is 0 Å². The smallest absolute Gasteiger partial charge is 0.342 e. The van der Waals surface area contributed by atoms with E-state index in [2.05, 4.69) is 17.0 Å². The molecule has 0 saturated heterocycles. The summed E-state index contributed by atoms with van der Waals surface area (Å²) in [5.74, 6) is -0.743. The molecule has 3 aromatic rings. The van der Waals surface area contributed by atoms with Crippen LogP contribution in [0.15, 0.2) is 35.1 Å². The zero-order chi connectivity index (χ0) is 20.5. The van der Waals surface area contributed by atoms with Crippen molar-refractivity contribution in [2.45, 2.75) is 32.2 Å². The molecule has 2 aliphatic rings. The average Bonchev–Trinajstić information content (AvgIpc) is 3.02. The third-order valence-electron chi connectivity index (χ3n) is 5.76. The first-order chi connectivity index (χ1) is 13.8. The lowest BCUT2D eigenvalue weighted by Crippen LogP contribution is -2.42. The number of carbonyl (C=O) groups excluding carboxylic acids is 1. The number of pyridine rings is 2. The molecule has 0 unspecified atom stereocenters. The van der Waals surface area contributed by atoms with Gasteiger partial charge in [-0.2, -0.15) is 0 Å². The maximum absolute atomic E-state index is 13.1. The van der Waals surface area contributed by atoms with Gasteiger partial charge in [0.05, 0.1) is 29.0 Å². The minimum absolute atomic E-state index is 0.123. The first-order valence-corrected chi connectivity index (χ1v) is 9.51. The Morgan fingerprint density at radius 2 is 2.07 bits per heavy atom. The molecule has 2 aliphatic heterocycles. The molecule has 7 nitrogen and oxygen atoms in total. The first kappa shape index (κ1) is 18.0. The van der Waals surface area contributed by atoms with Crippen LogP contribution >= 0.6 is 0 Å². The molecule has 1 aromatic carbocycles. The maximum atomic E-state index is 13.1. The Labute approximate surface area is 167 Å². The van der Waals surface area contributed by atoms with Gasteiger partial charge in [0.2, 0.25) is 0 Å². The van der Waals surface area contributed by atoms with Crippen LogP contribution in [-0.4, -0.2) is 39.6 Å². The molecule has 7 heteroatoms. The normalized spacial score (nSPS) is 19.8. The second-order valence-electron chi connectivity index (χ2n) is 8.18. The van der Waals surface area contributed by atoms with Crippen LogP contribution in [0.2, 0.25) is 0 Å². The van der Waals surface area contributed by atoms with Crippen molar-refractivity contribution < 1.29 is 14.6 Å². The fourth-order valence-corrected chi connectivity index (χ4v) is 4.29. The summed E-state index contributed by atoms with van der Waals surface area (Å²) in [4.78, 5) is 32.1. The van der Waals surface area contributed by atoms with Gasteiger partial charge in [0.25, 0.3) is 5.56 Å². The summed E-state index contributed by atoms with van der Waals surface area (Å²) in [6.45, 7) is 2.44. The number of hydrogen-bond donors (Lipinski definition) is 1. The monoisotopic (exact) mass is 391 g/mol. The van der Waals surface area contributed by atoms with Gasteiger partial charge in [-0.05, 0) is 44.8 Å². The van der Waals surface area contributed by atoms with Crippen molar-refractivity contribution in [3.8, 4) is 11.4 Å². The third-order valence-corrected chi connectivity index (χ3v) is 5.76. The molecule has 0 bridgehead atoms. The minimum Gasteiger partial charge on any atom is -0.458 e. The van der Waals surface area contributed by atoms with Crippen molar-refractivity contribution in [2.24, 2.45) is 0 Å². The highest BCUT2D eigenvalue weighted by Crippen LogP contribution is 2.37. The van der Waals surface area contributed by atoms with Crippen molar-refractivity contribution >= 4 is 16.9 Å². The molecule has 1 atom stereocenters. The van der Waals surface area contributed by atoms with E-state index in [1.54, 1.807) is 10.6 Å². The Balaban J connectivity index is 1.74. The van der Waals surface area contributed by atoms with Crippen molar-refractivity contribution in [1.29, 1.82) is 0 Å². The highest BCUT2D eigenvalue weighted by Gasteiger charge is 2.42. The van der Waals surface area contributed by atoms with Gasteiger partial charge in [0.15, 0.2) is 5.60 Å². The Morgan fingerprint density at radius 1 is 1.28 bits per heavy atom. The van der Waals surface area contributed by atoms with Gasteiger partial charge in [0, 0.05) is 23.1 Å². The second-order valence-corrected chi connectivity index (χ2v) is 8.18. The molecule has 0 saturated carbocycles. The Morgan fingerprint density at radius 3 is 2.83 bits per heavy atom. The Bertz CT molecular complexity index is 1260. The SMILES string of the molecule is CN(C)Cc1cccc2nc3c(cc12)Cn1c-3cc2c(c1=O)COC(=O)[C@@]2(C)O. The molecule has 0 spiro atoms. The highest BCUT2D eigenvalue weighted by molar-refractivity contribution is 5.87. The van der Waals surface area contributed by atoms with E-state index in [1.807, 2.05) is 26.2 Å². The summed E-state index contributed by atoms with van der Waals surface area (Å²) in [5, 5.41) is 11.7.